The third-order valence-corrected chi connectivity index (χ3v) is 2.83. The Labute approximate surface area is 86.6 Å². The van der Waals surface area contributed by atoms with E-state index in [4.69, 9.17) is 5.73 Å². The number of carbonyl (C=O) groups is 1. The lowest BCUT2D eigenvalue weighted by molar-refractivity contribution is -0.116. The molecule has 0 aromatic heterocycles. The molecule has 0 saturated carbocycles. The topological polar surface area (TPSA) is 43.1 Å². The van der Waals surface area contributed by atoms with Gasteiger partial charge < -0.3 is 5.73 Å². The summed E-state index contributed by atoms with van der Waals surface area (Å²) in [6.45, 7) is 2.21. The van der Waals surface area contributed by atoms with Gasteiger partial charge >= 0.3 is 0 Å². The zero-order chi connectivity index (χ0) is 10.4. The van der Waals surface area contributed by atoms with Crippen LogP contribution < -0.4 is 5.73 Å². The van der Waals surface area contributed by atoms with Gasteiger partial charge in [0.1, 0.15) is 0 Å². The van der Waals surface area contributed by atoms with Crippen LogP contribution in [0.25, 0.3) is 0 Å². The molecule has 80 valence electrons. The highest BCUT2D eigenvalue weighted by atomic mass is 16.1. The van der Waals surface area contributed by atoms with Gasteiger partial charge in [-0.25, -0.2) is 0 Å². The SMILES string of the molecule is CCCCCCC1CC(=O)C=C(N)C1. The van der Waals surface area contributed by atoms with Crippen molar-refractivity contribution in [1.82, 2.24) is 0 Å². The highest BCUT2D eigenvalue weighted by Crippen LogP contribution is 2.24. The fourth-order valence-electron chi connectivity index (χ4n) is 2.08. The average Bonchev–Trinajstić information content (AvgIpc) is 2.11. The Bertz CT molecular complexity index is 220. The van der Waals surface area contributed by atoms with Crippen LogP contribution in [0.5, 0.6) is 0 Å². The molecule has 1 rings (SSSR count). The average molecular weight is 195 g/mol. The number of nitrogens with two attached hydrogens (primary N) is 1. The predicted octanol–water partition coefficient (Wildman–Crippen LogP) is 2.78. The molecule has 0 saturated heterocycles. The third-order valence-electron chi connectivity index (χ3n) is 2.83. The molecule has 2 N–H and O–H groups in total. The molecule has 0 bridgehead atoms. The predicted molar refractivity (Wildman–Crippen MR) is 58.8 cm³/mol. The van der Waals surface area contributed by atoms with E-state index in [0.717, 1.165) is 12.1 Å². The minimum absolute atomic E-state index is 0.217. The molecule has 1 unspecified atom stereocenters. The Morgan fingerprint density at radius 3 is 2.79 bits per heavy atom. The Morgan fingerprint density at radius 1 is 1.36 bits per heavy atom. The van der Waals surface area contributed by atoms with Crippen LogP contribution in [0, 0.1) is 5.92 Å². The van der Waals surface area contributed by atoms with Gasteiger partial charge in [0.2, 0.25) is 0 Å². The summed E-state index contributed by atoms with van der Waals surface area (Å²) in [5.41, 5.74) is 6.47. The number of hydrogen-bond donors (Lipinski definition) is 1. The van der Waals surface area contributed by atoms with Crippen molar-refractivity contribution in [3.05, 3.63) is 11.8 Å². The van der Waals surface area contributed by atoms with Crippen LogP contribution in [0.2, 0.25) is 0 Å². The monoisotopic (exact) mass is 195 g/mol. The van der Waals surface area contributed by atoms with Crippen LogP contribution in [0.4, 0.5) is 0 Å². The van der Waals surface area contributed by atoms with E-state index in [9.17, 15) is 4.79 Å². The van der Waals surface area contributed by atoms with Gasteiger partial charge in [-0.15, -0.1) is 0 Å². The first-order valence-corrected chi connectivity index (χ1v) is 5.71. The summed E-state index contributed by atoms with van der Waals surface area (Å²) in [5, 5.41) is 0. The summed E-state index contributed by atoms with van der Waals surface area (Å²) in [4.78, 5) is 11.2. The second kappa shape index (κ2) is 5.84. The van der Waals surface area contributed by atoms with Gasteiger partial charge in [0.25, 0.3) is 0 Å². The number of ketones is 1. The maximum atomic E-state index is 11.2. The van der Waals surface area contributed by atoms with Crippen LogP contribution in [0.1, 0.15) is 51.9 Å². The molecule has 0 heterocycles. The number of unbranched alkanes of at least 4 members (excludes halogenated alkanes) is 3. The maximum Gasteiger partial charge on any atom is 0.157 e. The van der Waals surface area contributed by atoms with Crippen molar-refractivity contribution in [2.45, 2.75) is 51.9 Å². The molecular weight excluding hydrogens is 174 g/mol. The van der Waals surface area contributed by atoms with Gasteiger partial charge in [-0.2, -0.15) is 0 Å². The van der Waals surface area contributed by atoms with Crippen molar-refractivity contribution >= 4 is 5.78 Å². The lowest BCUT2D eigenvalue weighted by Crippen LogP contribution is -2.17. The first-order chi connectivity index (χ1) is 6.72. The van der Waals surface area contributed by atoms with E-state index in [2.05, 4.69) is 6.92 Å². The van der Waals surface area contributed by atoms with Crippen molar-refractivity contribution < 1.29 is 4.79 Å². The van der Waals surface area contributed by atoms with Crippen LogP contribution >= 0.6 is 0 Å². The van der Waals surface area contributed by atoms with E-state index in [1.165, 1.54) is 32.1 Å². The summed E-state index contributed by atoms with van der Waals surface area (Å²) in [6, 6.07) is 0. The van der Waals surface area contributed by atoms with Gasteiger partial charge in [0.05, 0.1) is 0 Å². The van der Waals surface area contributed by atoms with E-state index >= 15 is 0 Å². The van der Waals surface area contributed by atoms with Crippen molar-refractivity contribution in [1.29, 1.82) is 0 Å². The summed E-state index contributed by atoms with van der Waals surface area (Å²) < 4.78 is 0. The highest BCUT2D eigenvalue weighted by molar-refractivity contribution is 5.91. The first kappa shape index (κ1) is 11.3. The van der Waals surface area contributed by atoms with E-state index in [1.54, 1.807) is 6.08 Å². The second-order valence-corrected chi connectivity index (χ2v) is 4.31. The Morgan fingerprint density at radius 2 is 2.14 bits per heavy atom. The fraction of sp³-hybridized carbons (Fsp3) is 0.750. The molecule has 14 heavy (non-hydrogen) atoms. The molecule has 2 nitrogen and oxygen atoms in total. The quantitative estimate of drug-likeness (QED) is 0.685. The van der Waals surface area contributed by atoms with Crippen molar-refractivity contribution in [3.63, 3.8) is 0 Å². The molecule has 1 atom stereocenters. The first-order valence-electron chi connectivity index (χ1n) is 5.71. The van der Waals surface area contributed by atoms with E-state index in [1.807, 2.05) is 0 Å². The molecule has 0 radical (unpaired) electrons. The van der Waals surface area contributed by atoms with E-state index < -0.39 is 0 Å². The lowest BCUT2D eigenvalue weighted by Gasteiger charge is -2.19. The number of hydrogen-bond acceptors (Lipinski definition) is 2. The van der Waals surface area contributed by atoms with Gasteiger partial charge in [-0.1, -0.05) is 32.6 Å². The molecule has 0 aliphatic heterocycles. The molecule has 0 amide bonds. The Hall–Kier alpha value is -0.790. The third kappa shape index (κ3) is 3.95. The minimum atomic E-state index is 0.217. The molecule has 0 aromatic rings. The highest BCUT2D eigenvalue weighted by Gasteiger charge is 2.18. The Balaban J connectivity index is 2.20. The number of carbonyl (C=O) groups excluding carboxylic acids is 1. The minimum Gasteiger partial charge on any atom is -0.402 e. The maximum absolute atomic E-state index is 11.2. The molecule has 2 heteroatoms. The second-order valence-electron chi connectivity index (χ2n) is 4.31. The van der Waals surface area contributed by atoms with Gasteiger partial charge in [-0.3, -0.25) is 4.79 Å². The standard InChI is InChI=1S/C12H21NO/c1-2-3-4-5-6-10-7-11(13)9-12(14)8-10/h9-10H,2-8,13H2,1H3. The summed E-state index contributed by atoms with van der Waals surface area (Å²) in [7, 11) is 0. The molecular formula is C12H21NO. The fourth-order valence-corrected chi connectivity index (χ4v) is 2.08. The number of rotatable bonds is 5. The zero-order valence-corrected chi connectivity index (χ0v) is 9.09. The molecule has 0 fully saturated rings. The van der Waals surface area contributed by atoms with E-state index in [-0.39, 0.29) is 5.78 Å². The van der Waals surface area contributed by atoms with Crippen LogP contribution in [-0.2, 0) is 4.79 Å². The van der Waals surface area contributed by atoms with E-state index in [0.29, 0.717) is 12.3 Å². The summed E-state index contributed by atoms with van der Waals surface area (Å²) >= 11 is 0. The van der Waals surface area contributed by atoms with Crippen LogP contribution in [-0.4, -0.2) is 5.78 Å². The van der Waals surface area contributed by atoms with Gasteiger partial charge in [-0.05, 0) is 24.8 Å². The van der Waals surface area contributed by atoms with Crippen molar-refractivity contribution in [2.75, 3.05) is 0 Å². The normalized spacial score (nSPS) is 22.2. The molecule has 0 aromatic carbocycles. The summed E-state index contributed by atoms with van der Waals surface area (Å²) in [6.07, 6.45) is 9.54. The Kier molecular flexibility index (Phi) is 4.71. The number of allylic oxidation sites excluding steroid dienone is 2. The lowest BCUT2D eigenvalue weighted by atomic mass is 9.87. The van der Waals surface area contributed by atoms with Crippen molar-refractivity contribution in [3.8, 4) is 0 Å². The largest absolute Gasteiger partial charge is 0.402 e. The van der Waals surface area contributed by atoms with Gasteiger partial charge in [0, 0.05) is 12.1 Å². The van der Waals surface area contributed by atoms with Crippen molar-refractivity contribution in [2.24, 2.45) is 11.7 Å². The summed E-state index contributed by atoms with van der Waals surface area (Å²) in [5.74, 6) is 0.735. The smallest absolute Gasteiger partial charge is 0.157 e. The van der Waals surface area contributed by atoms with Crippen LogP contribution in [0.3, 0.4) is 0 Å². The van der Waals surface area contributed by atoms with Crippen LogP contribution in [0.15, 0.2) is 11.8 Å². The molecule has 1 aliphatic carbocycles. The van der Waals surface area contributed by atoms with Gasteiger partial charge in [0.15, 0.2) is 5.78 Å². The molecule has 1 aliphatic rings. The molecule has 0 spiro atoms. The zero-order valence-electron chi connectivity index (χ0n) is 9.09.